The predicted molar refractivity (Wildman–Crippen MR) is 67.4 cm³/mol. The topological polar surface area (TPSA) is 38.3 Å². The maximum absolute atomic E-state index is 11.2. The third-order valence-electron chi connectivity index (χ3n) is 2.39. The predicted octanol–water partition coefficient (Wildman–Crippen LogP) is 2.60. The number of hydrogen-bond donors (Lipinski definition) is 1. The molecule has 0 unspecified atom stereocenters. The molecule has 0 saturated heterocycles. The molecule has 3 heteroatoms. The van der Waals surface area contributed by atoms with Crippen molar-refractivity contribution >= 4 is 5.91 Å². The molecule has 1 N–H and O–H groups in total. The molecule has 0 aromatic heterocycles. The lowest BCUT2D eigenvalue weighted by molar-refractivity contribution is -0.124. The highest BCUT2D eigenvalue weighted by molar-refractivity contribution is 5.77. The van der Waals surface area contributed by atoms with Crippen molar-refractivity contribution in [1.29, 1.82) is 0 Å². The minimum Gasteiger partial charge on any atom is -0.380 e. The molecule has 0 radical (unpaired) electrons. The van der Waals surface area contributed by atoms with Crippen LogP contribution in [-0.2, 0) is 9.53 Å². The summed E-state index contributed by atoms with van der Waals surface area (Å²) < 4.78 is 5.43. The van der Waals surface area contributed by atoms with Crippen LogP contribution in [0.3, 0.4) is 0 Å². The molecule has 0 spiro atoms. The Kier molecular flexibility index (Phi) is 9.30. The van der Waals surface area contributed by atoms with E-state index in [9.17, 15) is 4.79 Å². The standard InChI is InChI=1S/C13H27NO2/c1-11(2)7-5-6-9-16-10-8-14-13(15)12(3)4/h11-12H,5-10H2,1-4H3,(H,14,15). The van der Waals surface area contributed by atoms with Gasteiger partial charge in [-0.05, 0) is 12.3 Å². The van der Waals surface area contributed by atoms with E-state index in [4.69, 9.17) is 4.74 Å². The van der Waals surface area contributed by atoms with E-state index in [2.05, 4.69) is 19.2 Å². The Labute approximate surface area is 99.9 Å². The van der Waals surface area contributed by atoms with Crippen molar-refractivity contribution in [3.05, 3.63) is 0 Å². The number of carbonyl (C=O) groups is 1. The number of rotatable bonds is 9. The second kappa shape index (κ2) is 9.64. The van der Waals surface area contributed by atoms with Crippen molar-refractivity contribution in [2.24, 2.45) is 11.8 Å². The number of hydrogen-bond acceptors (Lipinski definition) is 2. The van der Waals surface area contributed by atoms with Crippen LogP contribution in [0.25, 0.3) is 0 Å². The van der Waals surface area contributed by atoms with Crippen LogP contribution in [-0.4, -0.2) is 25.7 Å². The van der Waals surface area contributed by atoms with Crippen molar-refractivity contribution in [1.82, 2.24) is 5.32 Å². The summed E-state index contributed by atoms with van der Waals surface area (Å²) in [6.07, 6.45) is 3.62. The van der Waals surface area contributed by atoms with E-state index in [0.717, 1.165) is 18.9 Å². The Balaban J connectivity index is 3.13. The van der Waals surface area contributed by atoms with E-state index in [0.29, 0.717) is 13.2 Å². The van der Waals surface area contributed by atoms with Crippen LogP contribution >= 0.6 is 0 Å². The van der Waals surface area contributed by atoms with Crippen molar-refractivity contribution in [3.8, 4) is 0 Å². The lowest BCUT2D eigenvalue weighted by atomic mass is 10.1. The van der Waals surface area contributed by atoms with Gasteiger partial charge in [0.05, 0.1) is 6.61 Å². The summed E-state index contributed by atoms with van der Waals surface area (Å²) in [5.41, 5.74) is 0. The highest BCUT2D eigenvalue weighted by Gasteiger charge is 2.04. The Bertz CT molecular complexity index is 179. The monoisotopic (exact) mass is 229 g/mol. The zero-order valence-corrected chi connectivity index (χ0v) is 11.2. The molecule has 0 fully saturated rings. The fourth-order valence-electron chi connectivity index (χ4n) is 1.31. The fraction of sp³-hybridized carbons (Fsp3) is 0.923. The summed E-state index contributed by atoms with van der Waals surface area (Å²) in [7, 11) is 0. The zero-order chi connectivity index (χ0) is 12.4. The maximum atomic E-state index is 11.2. The summed E-state index contributed by atoms with van der Waals surface area (Å²) in [4.78, 5) is 11.2. The number of amides is 1. The average molecular weight is 229 g/mol. The molecule has 0 rings (SSSR count). The summed E-state index contributed by atoms with van der Waals surface area (Å²) in [6.45, 7) is 10.3. The SMILES string of the molecule is CC(C)CCCCOCCNC(=O)C(C)C. The highest BCUT2D eigenvalue weighted by Crippen LogP contribution is 2.05. The molecule has 0 atom stereocenters. The molecule has 0 aliphatic heterocycles. The van der Waals surface area contributed by atoms with Crippen LogP contribution in [0, 0.1) is 11.8 Å². The fourth-order valence-corrected chi connectivity index (χ4v) is 1.31. The maximum Gasteiger partial charge on any atom is 0.222 e. The van der Waals surface area contributed by atoms with Gasteiger partial charge in [-0.25, -0.2) is 0 Å². The Hall–Kier alpha value is -0.570. The molecule has 3 nitrogen and oxygen atoms in total. The van der Waals surface area contributed by atoms with Gasteiger partial charge in [0.1, 0.15) is 0 Å². The van der Waals surface area contributed by atoms with Gasteiger partial charge in [0.2, 0.25) is 5.91 Å². The van der Waals surface area contributed by atoms with Gasteiger partial charge in [-0.2, -0.15) is 0 Å². The smallest absolute Gasteiger partial charge is 0.222 e. The molecule has 0 bridgehead atoms. The first-order chi connectivity index (χ1) is 7.54. The molecule has 0 saturated carbocycles. The third kappa shape index (κ3) is 9.97. The van der Waals surface area contributed by atoms with E-state index in [-0.39, 0.29) is 11.8 Å². The average Bonchev–Trinajstić information content (AvgIpc) is 2.21. The minimum absolute atomic E-state index is 0.0611. The number of nitrogens with one attached hydrogen (secondary N) is 1. The van der Waals surface area contributed by atoms with E-state index in [1.165, 1.54) is 12.8 Å². The molecule has 0 aliphatic rings. The van der Waals surface area contributed by atoms with E-state index in [1.54, 1.807) is 0 Å². The highest BCUT2D eigenvalue weighted by atomic mass is 16.5. The van der Waals surface area contributed by atoms with Crippen LogP contribution in [0.4, 0.5) is 0 Å². The summed E-state index contributed by atoms with van der Waals surface area (Å²) in [6, 6.07) is 0. The van der Waals surface area contributed by atoms with Gasteiger partial charge >= 0.3 is 0 Å². The van der Waals surface area contributed by atoms with Gasteiger partial charge in [0, 0.05) is 19.1 Å². The Morgan fingerprint density at radius 3 is 2.38 bits per heavy atom. The van der Waals surface area contributed by atoms with Gasteiger partial charge in [-0.3, -0.25) is 4.79 Å². The van der Waals surface area contributed by atoms with Gasteiger partial charge in [-0.15, -0.1) is 0 Å². The number of unbranched alkanes of at least 4 members (excludes halogenated alkanes) is 1. The van der Waals surface area contributed by atoms with E-state index >= 15 is 0 Å². The van der Waals surface area contributed by atoms with Gasteiger partial charge in [0.25, 0.3) is 0 Å². The molecule has 0 aromatic rings. The molecular weight excluding hydrogens is 202 g/mol. The molecular formula is C13H27NO2. The first kappa shape index (κ1) is 15.4. The number of ether oxygens (including phenoxy) is 1. The molecule has 0 aromatic carbocycles. The van der Waals surface area contributed by atoms with Gasteiger partial charge in [-0.1, -0.05) is 40.5 Å². The summed E-state index contributed by atoms with van der Waals surface area (Å²) in [5.74, 6) is 0.944. The largest absolute Gasteiger partial charge is 0.380 e. The van der Waals surface area contributed by atoms with Crippen LogP contribution in [0.15, 0.2) is 0 Å². The first-order valence-corrected chi connectivity index (χ1v) is 6.39. The zero-order valence-electron chi connectivity index (χ0n) is 11.2. The lowest BCUT2D eigenvalue weighted by Gasteiger charge is -2.08. The molecule has 96 valence electrons. The van der Waals surface area contributed by atoms with Gasteiger partial charge < -0.3 is 10.1 Å². The Morgan fingerprint density at radius 2 is 1.81 bits per heavy atom. The van der Waals surface area contributed by atoms with Crippen LogP contribution in [0.1, 0.15) is 47.0 Å². The van der Waals surface area contributed by atoms with Crippen molar-refractivity contribution < 1.29 is 9.53 Å². The second-order valence-corrected chi connectivity index (χ2v) is 4.95. The number of carbonyl (C=O) groups excluding carboxylic acids is 1. The van der Waals surface area contributed by atoms with Crippen molar-refractivity contribution in [2.75, 3.05) is 19.8 Å². The van der Waals surface area contributed by atoms with E-state index < -0.39 is 0 Å². The molecule has 16 heavy (non-hydrogen) atoms. The van der Waals surface area contributed by atoms with Crippen molar-refractivity contribution in [3.63, 3.8) is 0 Å². The normalized spacial score (nSPS) is 11.1. The molecule has 0 heterocycles. The van der Waals surface area contributed by atoms with E-state index in [1.807, 2.05) is 13.8 Å². The molecule has 0 aliphatic carbocycles. The Morgan fingerprint density at radius 1 is 1.12 bits per heavy atom. The van der Waals surface area contributed by atoms with Crippen LogP contribution in [0.2, 0.25) is 0 Å². The van der Waals surface area contributed by atoms with Crippen LogP contribution < -0.4 is 5.32 Å². The quantitative estimate of drug-likeness (QED) is 0.617. The minimum atomic E-state index is 0.0611. The summed E-state index contributed by atoms with van der Waals surface area (Å²) >= 11 is 0. The third-order valence-corrected chi connectivity index (χ3v) is 2.39. The van der Waals surface area contributed by atoms with Gasteiger partial charge in [0.15, 0.2) is 0 Å². The van der Waals surface area contributed by atoms with Crippen molar-refractivity contribution in [2.45, 2.75) is 47.0 Å². The summed E-state index contributed by atoms with van der Waals surface area (Å²) in [5, 5.41) is 2.83. The first-order valence-electron chi connectivity index (χ1n) is 6.39. The van der Waals surface area contributed by atoms with Crippen LogP contribution in [0.5, 0.6) is 0 Å². The second-order valence-electron chi connectivity index (χ2n) is 4.95. The molecule has 1 amide bonds. The lowest BCUT2D eigenvalue weighted by Crippen LogP contribution is -2.30.